The molecular weight excluding hydrogens is 342 g/mol. The molecule has 0 unspecified atom stereocenters. The molecule has 1 aromatic rings. The van der Waals surface area contributed by atoms with Crippen LogP contribution in [0.3, 0.4) is 0 Å². The third-order valence-electron chi connectivity index (χ3n) is 4.52. The number of ketones is 1. The molecule has 1 aliphatic carbocycles. The fraction of sp³-hybridized carbons (Fsp3) is 0.556. The van der Waals surface area contributed by atoms with E-state index >= 15 is 0 Å². The topological polar surface area (TPSA) is 80.8 Å². The Bertz CT molecular complexity index is 753. The van der Waals surface area contributed by atoms with Gasteiger partial charge in [0.15, 0.2) is 11.9 Å². The molecule has 2 rings (SSSR count). The van der Waals surface area contributed by atoms with E-state index in [1.165, 1.54) is 16.4 Å². The second-order valence-corrected chi connectivity index (χ2v) is 8.11. The number of esters is 1. The van der Waals surface area contributed by atoms with Crippen molar-refractivity contribution in [3.8, 4) is 0 Å². The number of hydrogen-bond acceptors (Lipinski definition) is 5. The van der Waals surface area contributed by atoms with E-state index in [0.717, 1.165) is 12.8 Å². The Labute approximate surface area is 149 Å². The van der Waals surface area contributed by atoms with E-state index in [1.54, 1.807) is 26.8 Å². The summed E-state index contributed by atoms with van der Waals surface area (Å²) in [5, 5.41) is 0. The smallest absolute Gasteiger partial charge is 0.339 e. The van der Waals surface area contributed by atoms with Crippen molar-refractivity contribution in [1.82, 2.24) is 4.31 Å². The molecule has 0 heterocycles. The molecule has 1 fully saturated rings. The minimum absolute atomic E-state index is 0.0590. The van der Waals surface area contributed by atoms with Crippen LogP contribution in [0.1, 0.15) is 55.5 Å². The summed E-state index contributed by atoms with van der Waals surface area (Å²) in [5.41, 5.74) is 0.804. The highest BCUT2D eigenvalue weighted by Gasteiger charge is 2.28. The number of carbonyl (C=O) groups is 2. The van der Waals surface area contributed by atoms with Crippen molar-refractivity contribution in [1.29, 1.82) is 0 Å². The van der Waals surface area contributed by atoms with Crippen LogP contribution in [0, 0.1) is 6.92 Å². The normalized spacial score (nSPS) is 18.4. The summed E-state index contributed by atoms with van der Waals surface area (Å²) in [5.74, 6) is -0.710. The molecule has 0 spiro atoms. The molecule has 0 N–H and O–H groups in total. The summed E-state index contributed by atoms with van der Waals surface area (Å²) in [6.45, 7) is 5.94. The molecule has 25 heavy (non-hydrogen) atoms. The first-order valence-corrected chi connectivity index (χ1v) is 10.1. The lowest BCUT2D eigenvalue weighted by atomic mass is 9.96. The van der Waals surface area contributed by atoms with Crippen LogP contribution in [-0.2, 0) is 19.6 Å². The number of aryl methyl sites for hydroxylation is 1. The van der Waals surface area contributed by atoms with Gasteiger partial charge >= 0.3 is 5.97 Å². The lowest BCUT2D eigenvalue weighted by Gasteiger charge is -2.22. The molecule has 0 bridgehead atoms. The minimum Gasteiger partial charge on any atom is -0.451 e. The molecular formula is C18H25NO5S. The SMILES string of the molecule is CCN(CC)S(=O)(=O)c1ccc(C)c(C(=O)O[C@H]2CCCCC2=O)c1. The number of rotatable bonds is 6. The number of ether oxygens (including phenoxy) is 1. The Morgan fingerprint density at radius 2 is 1.92 bits per heavy atom. The molecule has 0 aromatic heterocycles. The van der Waals surface area contributed by atoms with E-state index in [-0.39, 0.29) is 16.2 Å². The Balaban J connectivity index is 2.29. The van der Waals surface area contributed by atoms with E-state index in [2.05, 4.69) is 0 Å². The van der Waals surface area contributed by atoms with Gasteiger partial charge in [-0.1, -0.05) is 19.9 Å². The monoisotopic (exact) mass is 367 g/mol. The fourth-order valence-electron chi connectivity index (χ4n) is 2.96. The van der Waals surface area contributed by atoms with Gasteiger partial charge in [-0.3, -0.25) is 4.79 Å². The van der Waals surface area contributed by atoms with Gasteiger partial charge in [-0.25, -0.2) is 13.2 Å². The maximum Gasteiger partial charge on any atom is 0.339 e. The van der Waals surface area contributed by atoms with Crippen molar-refractivity contribution < 1.29 is 22.7 Å². The molecule has 7 heteroatoms. The predicted molar refractivity (Wildman–Crippen MR) is 94.0 cm³/mol. The van der Waals surface area contributed by atoms with Crippen molar-refractivity contribution >= 4 is 21.8 Å². The Hall–Kier alpha value is -1.73. The van der Waals surface area contributed by atoms with Crippen LogP contribution >= 0.6 is 0 Å². The van der Waals surface area contributed by atoms with Gasteiger partial charge in [-0.15, -0.1) is 0 Å². The molecule has 1 aliphatic rings. The molecule has 0 aliphatic heterocycles. The fourth-order valence-corrected chi connectivity index (χ4v) is 4.45. The van der Waals surface area contributed by atoms with E-state index < -0.39 is 22.1 Å². The highest BCUT2D eigenvalue weighted by Crippen LogP contribution is 2.23. The quantitative estimate of drug-likeness (QED) is 0.722. The summed E-state index contributed by atoms with van der Waals surface area (Å²) in [4.78, 5) is 24.4. The van der Waals surface area contributed by atoms with Gasteiger partial charge in [0.1, 0.15) is 0 Å². The molecule has 0 saturated heterocycles. The van der Waals surface area contributed by atoms with Crippen LogP contribution in [-0.4, -0.2) is 43.7 Å². The van der Waals surface area contributed by atoms with Gasteiger partial charge < -0.3 is 4.74 Å². The zero-order chi connectivity index (χ0) is 18.6. The number of nitrogens with zero attached hydrogens (tertiary/aromatic N) is 1. The van der Waals surface area contributed by atoms with Crippen molar-refractivity contribution in [2.45, 2.75) is 57.5 Å². The summed E-state index contributed by atoms with van der Waals surface area (Å²) in [6.07, 6.45) is 1.90. The van der Waals surface area contributed by atoms with E-state index in [1.807, 2.05) is 0 Å². The third-order valence-corrected chi connectivity index (χ3v) is 6.57. The van der Waals surface area contributed by atoms with Crippen molar-refractivity contribution in [3.63, 3.8) is 0 Å². The Morgan fingerprint density at radius 3 is 2.52 bits per heavy atom. The van der Waals surface area contributed by atoms with Gasteiger partial charge in [0.2, 0.25) is 10.0 Å². The van der Waals surface area contributed by atoms with E-state index in [0.29, 0.717) is 31.5 Å². The maximum absolute atomic E-state index is 12.6. The first-order valence-electron chi connectivity index (χ1n) is 8.65. The van der Waals surface area contributed by atoms with Gasteiger partial charge in [0.25, 0.3) is 0 Å². The van der Waals surface area contributed by atoms with Gasteiger partial charge in [-0.2, -0.15) is 4.31 Å². The lowest BCUT2D eigenvalue weighted by molar-refractivity contribution is -0.129. The van der Waals surface area contributed by atoms with Crippen LogP contribution < -0.4 is 0 Å². The van der Waals surface area contributed by atoms with Gasteiger partial charge in [-0.05, 0) is 43.9 Å². The summed E-state index contributed by atoms with van der Waals surface area (Å²) in [7, 11) is -3.66. The first kappa shape index (κ1) is 19.6. The van der Waals surface area contributed by atoms with Crippen molar-refractivity contribution in [3.05, 3.63) is 29.3 Å². The molecule has 1 aromatic carbocycles. The number of sulfonamides is 1. The Morgan fingerprint density at radius 1 is 1.24 bits per heavy atom. The summed E-state index contributed by atoms with van der Waals surface area (Å²) in [6, 6.07) is 4.43. The second kappa shape index (κ2) is 8.10. The molecule has 0 amide bonds. The standard InChI is InChI=1S/C18H25NO5S/c1-4-19(5-2)25(22,23)14-11-10-13(3)15(12-14)18(21)24-17-9-7-6-8-16(17)20/h10-12,17H,4-9H2,1-3H3/t17-/m0/s1. The van der Waals surface area contributed by atoms with Crippen LogP contribution in [0.5, 0.6) is 0 Å². The Kier molecular flexibility index (Phi) is 6.35. The van der Waals surface area contributed by atoms with E-state index in [4.69, 9.17) is 4.74 Å². The van der Waals surface area contributed by atoms with Crippen LogP contribution in [0.4, 0.5) is 0 Å². The molecule has 1 saturated carbocycles. The second-order valence-electron chi connectivity index (χ2n) is 6.17. The number of hydrogen-bond donors (Lipinski definition) is 0. The average Bonchev–Trinajstić information content (AvgIpc) is 2.58. The average molecular weight is 367 g/mol. The van der Waals surface area contributed by atoms with Crippen molar-refractivity contribution in [2.24, 2.45) is 0 Å². The predicted octanol–water partition coefficient (Wildman–Crippen LogP) is 2.69. The van der Waals surface area contributed by atoms with Gasteiger partial charge in [0, 0.05) is 19.5 Å². The third kappa shape index (κ3) is 4.27. The number of Topliss-reactive ketones (excluding diaryl/α,β-unsaturated/α-hetero) is 1. The highest BCUT2D eigenvalue weighted by molar-refractivity contribution is 7.89. The van der Waals surface area contributed by atoms with Crippen LogP contribution in [0.25, 0.3) is 0 Å². The molecule has 138 valence electrons. The molecule has 0 radical (unpaired) electrons. The highest BCUT2D eigenvalue weighted by atomic mass is 32.2. The lowest BCUT2D eigenvalue weighted by Crippen LogP contribution is -2.31. The number of carbonyl (C=O) groups excluding carboxylic acids is 2. The van der Waals surface area contributed by atoms with Gasteiger partial charge in [0.05, 0.1) is 10.5 Å². The van der Waals surface area contributed by atoms with Crippen LogP contribution in [0.15, 0.2) is 23.1 Å². The largest absolute Gasteiger partial charge is 0.451 e. The number of benzene rings is 1. The zero-order valence-corrected chi connectivity index (χ0v) is 15.8. The minimum atomic E-state index is -3.66. The van der Waals surface area contributed by atoms with Crippen molar-refractivity contribution in [2.75, 3.05) is 13.1 Å². The summed E-state index contributed by atoms with van der Waals surface area (Å²) < 4.78 is 32.0. The molecule has 6 nitrogen and oxygen atoms in total. The summed E-state index contributed by atoms with van der Waals surface area (Å²) >= 11 is 0. The molecule has 1 atom stereocenters. The van der Waals surface area contributed by atoms with Crippen LogP contribution in [0.2, 0.25) is 0 Å². The van der Waals surface area contributed by atoms with E-state index in [9.17, 15) is 18.0 Å². The zero-order valence-electron chi connectivity index (χ0n) is 14.9. The first-order chi connectivity index (χ1) is 11.8. The maximum atomic E-state index is 12.6.